The van der Waals surface area contributed by atoms with Crippen LogP contribution < -0.4 is 4.72 Å². The maximum atomic E-state index is 11.8. The molecule has 0 bridgehead atoms. The summed E-state index contributed by atoms with van der Waals surface area (Å²) in [5.41, 5.74) is -0.107. The van der Waals surface area contributed by atoms with E-state index in [-0.39, 0.29) is 23.6 Å². The second kappa shape index (κ2) is 6.28. The number of aromatic carboxylic acids is 1. The average Bonchev–Trinajstić information content (AvgIpc) is 2.29. The van der Waals surface area contributed by atoms with Crippen molar-refractivity contribution in [1.82, 2.24) is 4.72 Å². The Morgan fingerprint density at radius 1 is 1.50 bits per heavy atom. The predicted octanol–water partition coefficient (Wildman–Crippen LogP) is 1.07. The Bertz CT molecular complexity index is 543. The van der Waals surface area contributed by atoms with Crippen LogP contribution in [0.15, 0.2) is 27.6 Å². The first-order valence-electron chi connectivity index (χ1n) is 4.90. The number of hydrogen-bond acceptors (Lipinski definition) is 4. The molecule has 0 aliphatic rings. The van der Waals surface area contributed by atoms with Gasteiger partial charge in [0.15, 0.2) is 0 Å². The van der Waals surface area contributed by atoms with Crippen LogP contribution in [0.4, 0.5) is 0 Å². The Balaban J connectivity index is 3.02. The zero-order chi connectivity index (χ0) is 13.8. The number of carbonyl (C=O) groups is 1. The summed E-state index contributed by atoms with van der Waals surface area (Å²) >= 11 is 3.05. The summed E-state index contributed by atoms with van der Waals surface area (Å²) in [5.74, 6) is -1.20. The van der Waals surface area contributed by atoms with Crippen molar-refractivity contribution in [2.24, 2.45) is 0 Å². The van der Waals surface area contributed by atoms with Crippen molar-refractivity contribution in [3.63, 3.8) is 0 Å². The number of nitrogens with one attached hydrogen (secondary N) is 1. The van der Waals surface area contributed by atoms with E-state index in [1.54, 1.807) is 0 Å². The minimum Gasteiger partial charge on any atom is -0.478 e. The van der Waals surface area contributed by atoms with Crippen molar-refractivity contribution in [3.8, 4) is 0 Å². The van der Waals surface area contributed by atoms with Crippen LogP contribution in [-0.2, 0) is 14.8 Å². The van der Waals surface area contributed by atoms with E-state index in [1.165, 1.54) is 19.2 Å². The molecule has 0 unspecified atom stereocenters. The number of carboxylic acid groups (broad SMARTS) is 1. The Labute approximate surface area is 113 Å². The molecule has 0 aliphatic heterocycles. The van der Waals surface area contributed by atoms with Crippen molar-refractivity contribution in [1.29, 1.82) is 0 Å². The smallest absolute Gasteiger partial charge is 0.336 e. The molecule has 0 atom stereocenters. The van der Waals surface area contributed by atoms with Gasteiger partial charge >= 0.3 is 5.97 Å². The zero-order valence-corrected chi connectivity index (χ0v) is 11.9. The first kappa shape index (κ1) is 15.1. The second-order valence-electron chi connectivity index (χ2n) is 3.34. The molecule has 0 saturated carbocycles. The fourth-order valence-electron chi connectivity index (χ4n) is 1.20. The molecule has 0 heterocycles. The molecule has 1 rings (SSSR count). The number of hydrogen-bond donors (Lipinski definition) is 2. The Hall–Kier alpha value is -0.960. The molecule has 2 N–H and O–H groups in total. The standard InChI is InChI=1S/C10H12BrNO5S/c1-17-5-4-12-18(15,16)7-2-3-9(11)8(6-7)10(13)14/h2-3,6,12H,4-5H2,1H3,(H,13,14). The van der Waals surface area contributed by atoms with Crippen LogP contribution in [0, 0.1) is 0 Å². The molecule has 0 fully saturated rings. The number of methoxy groups -OCH3 is 1. The molecule has 0 amide bonds. The summed E-state index contributed by atoms with van der Waals surface area (Å²) in [6.07, 6.45) is 0. The van der Waals surface area contributed by atoms with Gasteiger partial charge in [-0.15, -0.1) is 0 Å². The van der Waals surface area contributed by atoms with Gasteiger partial charge in [0.25, 0.3) is 0 Å². The number of sulfonamides is 1. The van der Waals surface area contributed by atoms with E-state index in [4.69, 9.17) is 9.84 Å². The summed E-state index contributed by atoms with van der Waals surface area (Å²) in [7, 11) is -2.26. The van der Waals surface area contributed by atoms with Crippen molar-refractivity contribution in [3.05, 3.63) is 28.2 Å². The van der Waals surface area contributed by atoms with E-state index >= 15 is 0 Å². The van der Waals surface area contributed by atoms with Gasteiger partial charge in [-0.2, -0.15) is 0 Å². The van der Waals surface area contributed by atoms with Crippen LogP contribution in [-0.4, -0.2) is 39.8 Å². The number of ether oxygens (including phenoxy) is 1. The minimum absolute atomic E-state index is 0.0980. The van der Waals surface area contributed by atoms with E-state index in [9.17, 15) is 13.2 Å². The highest BCUT2D eigenvalue weighted by Crippen LogP contribution is 2.20. The number of rotatable bonds is 6. The third-order valence-corrected chi connectivity index (χ3v) is 4.23. The fraction of sp³-hybridized carbons (Fsp3) is 0.300. The van der Waals surface area contributed by atoms with Crippen LogP contribution in [0.5, 0.6) is 0 Å². The molecular formula is C10H12BrNO5S. The van der Waals surface area contributed by atoms with Gasteiger partial charge in [0, 0.05) is 18.1 Å². The lowest BCUT2D eigenvalue weighted by Gasteiger charge is -2.07. The largest absolute Gasteiger partial charge is 0.478 e. The SMILES string of the molecule is COCCNS(=O)(=O)c1ccc(Br)c(C(=O)O)c1. The highest BCUT2D eigenvalue weighted by Gasteiger charge is 2.17. The number of carboxylic acids is 1. The first-order chi connectivity index (χ1) is 8.38. The highest BCUT2D eigenvalue weighted by atomic mass is 79.9. The molecule has 1 aromatic carbocycles. The van der Waals surface area contributed by atoms with Gasteiger partial charge in [-0.3, -0.25) is 0 Å². The van der Waals surface area contributed by atoms with Gasteiger partial charge in [0.05, 0.1) is 17.1 Å². The maximum absolute atomic E-state index is 11.8. The van der Waals surface area contributed by atoms with Gasteiger partial charge in [0.1, 0.15) is 0 Å². The van der Waals surface area contributed by atoms with Crippen molar-refractivity contribution >= 4 is 31.9 Å². The summed E-state index contributed by atoms with van der Waals surface area (Å²) in [6, 6.07) is 3.81. The summed E-state index contributed by atoms with van der Waals surface area (Å²) in [5, 5.41) is 8.90. The molecule has 0 radical (unpaired) electrons. The quantitative estimate of drug-likeness (QED) is 0.757. The normalized spacial score (nSPS) is 11.4. The third-order valence-electron chi connectivity index (χ3n) is 2.08. The Kier molecular flexibility index (Phi) is 5.27. The van der Waals surface area contributed by atoms with Crippen molar-refractivity contribution < 1.29 is 23.1 Å². The van der Waals surface area contributed by atoms with Gasteiger partial charge < -0.3 is 9.84 Å². The van der Waals surface area contributed by atoms with E-state index in [0.717, 1.165) is 6.07 Å². The molecule has 0 saturated heterocycles. The minimum atomic E-state index is -3.72. The van der Waals surface area contributed by atoms with E-state index in [1.807, 2.05) is 0 Å². The molecule has 100 valence electrons. The van der Waals surface area contributed by atoms with E-state index in [0.29, 0.717) is 4.47 Å². The van der Waals surface area contributed by atoms with Crippen LogP contribution in [0.2, 0.25) is 0 Å². The first-order valence-corrected chi connectivity index (χ1v) is 7.17. The second-order valence-corrected chi connectivity index (χ2v) is 5.96. The monoisotopic (exact) mass is 337 g/mol. The Morgan fingerprint density at radius 3 is 2.72 bits per heavy atom. The molecule has 6 nitrogen and oxygen atoms in total. The highest BCUT2D eigenvalue weighted by molar-refractivity contribution is 9.10. The summed E-state index contributed by atoms with van der Waals surface area (Å²) in [6.45, 7) is 0.360. The number of halogens is 1. The molecular weight excluding hydrogens is 326 g/mol. The lowest BCUT2D eigenvalue weighted by molar-refractivity contribution is 0.0695. The van der Waals surface area contributed by atoms with Crippen molar-refractivity contribution in [2.75, 3.05) is 20.3 Å². The molecule has 1 aromatic rings. The lowest BCUT2D eigenvalue weighted by Crippen LogP contribution is -2.27. The van der Waals surface area contributed by atoms with Crippen LogP contribution in [0.25, 0.3) is 0 Å². The van der Waals surface area contributed by atoms with Gasteiger partial charge in [-0.1, -0.05) is 0 Å². The summed E-state index contributed by atoms with van der Waals surface area (Å²) in [4.78, 5) is 10.8. The molecule has 0 spiro atoms. The van der Waals surface area contributed by atoms with Crippen LogP contribution in [0.3, 0.4) is 0 Å². The van der Waals surface area contributed by atoms with E-state index in [2.05, 4.69) is 20.7 Å². The molecule has 0 aliphatic carbocycles. The Morgan fingerprint density at radius 2 is 2.17 bits per heavy atom. The van der Waals surface area contributed by atoms with Crippen molar-refractivity contribution in [2.45, 2.75) is 4.90 Å². The fourth-order valence-corrected chi connectivity index (χ4v) is 2.65. The van der Waals surface area contributed by atoms with Crippen LogP contribution >= 0.6 is 15.9 Å². The molecule has 0 aromatic heterocycles. The molecule has 18 heavy (non-hydrogen) atoms. The molecule has 8 heteroatoms. The lowest BCUT2D eigenvalue weighted by atomic mass is 10.2. The zero-order valence-electron chi connectivity index (χ0n) is 9.51. The summed E-state index contributed by atoms with van der Waals surface area (Å²) < 4.78 is 31.0. The topological polar surface area (TPSA) is 92.7 Å². The predicted molar refractivity (Wildman–Crippen MR) is 68.2 cm³/mol. The van der Waals surface area contributed by atoms with Crippen LogP contribution in [0.1, 0.15) is 10.4 Å². The number of benzene rings is 1. The average molecular weight is 338 g/mol. The maximum Gasteiger partial charge on any atom is 0.336 e. The third kappa shape index (κ3) is 3.77. The van der Waals surface area contributed by atoms with Gasteiger partial charge in [-0.05, 0) is 34.1 Å². The van der Waals surface area contributed by atoms with E-state index < -0.39 is 16.0 Å². The van der Waals surface area contributed by atoms with Gasteiger partial charge in [-0.25, -0.2) is 17.9 Å². The van der Waals surface area contributed by atoms with Gasteiger partial charge in [0.2, 0.25) is 10.0 Å².